The molecule has 0 bridgehead atoms. The minimum absolute atomic E-state index is 0.0590. The summed E-state index contributed by atoms with van der Waals surface area (Å²) in [7, 11) is 0. The van der Waals surface area contributed by atoms with Crippen LogP contribution in [0.5, 0.6) is 0 Å². The van der Waals surface area contributed by atoms with Gasteiger partial charge in [0.25, 0.3) is 0 Å². The van der Waals surface area contributed by atoms with Gasteiger partial charge in [-0.05, 0) is 30.0 Å². The highest BCUT2D eigenvalue weighted by Gasteiger charge is 2.46. The quantitative estimate of drug-likeness (QED) is 0.333. The van der Waals surface area contributed by atoms with E-state index >= 15 is 0 Å². The van der Waals surface area contributed by atoms with Gasteiger partial charge in [-0.15, -0.1) is 10.2 Å². The van der Waals surface area contributed by atoms with Gasteiger partial charge in [0.05, 0.1) is 34.0 Å². The molecular weight excluding hydrogens is 571 g/mol. The van der Waals surface area contributed by atoms with Crippen molar-refractivity contribution in [3.8, 4) is 6.07 Å². The summed E-state index contributed by atoms with van der Waals surface area (Å²) >= 11 is 8.49. The normalized spacial score (nSPS) is 18.4. The van der Waals surface area contributed by atoms with Gasteiger partial charge >= 0.3 is 0 Å². The van der Waals surface area contributed by atoms with Crippen molar-refractivity contribution in [1.29, 1.82) is 5.26 Å². The standard InChI is InChI=1S/C28H24ClFN6O2S2/c1-28(2)11-20-24(21(37)12-28)23(15-7-3-5-9-18(15)30)16(13-31)25(32)36(20)26-34-35-27(40-26)39-14-22(38)33-19-10-6-4-8-17(19)29/h3-10,23H,11-12,14,32H2,1-2H3,(H,33,38). The Bertz CT molecular complexity index is 1630. The van der Waals surface area contributed by atoms with Crippen LogP contribution in [0.15, 0.2) is 75.5 Å². The molecule has 204 valence electrons. The number of benzene rings is 2. The fourth-order valence-electron chi connectivity index (χ4n) is 4.97. The number of aromatic nitrogens is 2. The zero-order valence-electron chi connectivity index (χ0n) is 21.6. The second kappa shape index (κ2) is 11.0. The number of anilines is 2. The van der Waals surface area contributed by atoms with E-state index in [-0.39, 0.29) is 40.8 Å². The number of carbonyl (C=O) groups is 2. The molecule has 0 fully saturated rings. The number of para-hydroxylation sites is 1. The number of carbonyl (C=O) groups excluding carboxylic acids is 2. The summed E-state index contributed by atoms with van der Waals surface area (Å²) in [5.41, 5.74) is 7.92. The molecule has 3 N–H and O–H groups in total. The van der Waals surface area contributed by atoms with Crippen molar-refractivity contribution in [2.24, 2.45) is 11.1 Å². The molecule has 1 aliphatic carbocycles. The van der Waals surface area contributed by atoms with Gasteiger partial charge in [0.1, 0.15) is 11.6 Å². The van der Waals surface area contributed by atoms with Crippen LogP contribution in [0.3, 0.4) is 0 Å². The highest BCUT2D eigenvalue weighted by Crippen LogP contribution is 2.51. The summed E-state index contributed by atoms with van der Waals surface area (Å²) in [5.74, 6) is -1.74. The third-order valence-corrected chi connectivity index (χ3v) is 9.03. The molecule has 0 saturated carbocycles. The van der Waals surface area contributed by atoms with Gasteiger partial charge < -0.3 is 11.1 Å². The van der Waals surface area contributed by atoms with E-state index in [2.05, 4.69) is 21.6 Å². The molecule has 8 nitrogen and oxygen atoms in total. The molecule has 2 aromatic carbocycles. The number of hydrogen-bond donors (Lipinski definition) is 2. The van der Waals surface area contributed by atoms with Crippen LogP contribution in [-0.2, 0) is 9.59 Å². The van der Waals surface area contributed by atoms with Gasteiger partial charge in [0.2, 0.25) is 11.0 Å². The molecule has 1 aliphatic heterocycles. The second-order valence-electron chi connectivity index (χ2n) is 10.2. The van der Waals surface area contributed by atoms with E-state index in [0.717, 1.165) is 0 Å². The lowest BCUT2D eigenvalue weighted by atomic mass is 9.68. The minimum atomic E-state index is -0.920. The van der Waals surface area contributed by atoms with E-state index in [0.29, 0.717) is 37.9 Å². The van der Waals surface area contributed by atoms with Crippen LogP contribution in [0.1, 0.15) is 38.2 Å². The summed E-state index contributed by atoms with van der Waals surface area (Å²) in [6, 6.07) is 15.2. The van der Waals surface area contributed by atoms with Crippen molar-refractivity contribution >= 4 is 57.2 Å². The van der Waals surface area contributed by atoms with Gasteiger partial charge in [-0.25, -0.2) is 4.39 Å². The molecular formula is C28H24ClFN6O2S2. The van der Waals surface area contributed by atoms with Crippen molar-refractivity contribution in [1.82, 2.24) is 10.2 Å². The van der Waals surface area contributed by atoms with Crippen molar-refractivity contribution in [2.45, 2.75) is 36.9 Å². The molecule has 0 radical (unpaired) electrons. The smallest absolute Gasteiger partial charge is 0.234 e. The molecule has 0 spiro atoms. The van der Waals surface area contributed by atoms with Crippen molar-refractivity contribution in [3.63, 3.8) is 0 Å². The number of hydrogen-bond acceptors (Lipinski definition) is 9. The lowest BCUT2D eigenvalue weighted by Crippen LogP contribution is -2.42. The van der Waals surface area contributed by atoms with Gasteiger partial charge in [-0.2, -0.15) is 5.26 Å². The number of rotatable bonds is 6. The lowest BCUT2D eigenvalue weighted by Gasteiger charge is -2.42. The Morgan fingerprint density at radius 1 is 1.25 bits per heavy atom. The fourth-order valence-corrected chi connectivity index (χ4v) is 6.84. The summed E-state index contributed by atoms with van der Waals surface area (Å²) < 4.78 is 15.5. The van der Waals surface area contributed by atoms with E-state index in [4.69, 9.17) is 17.3 Å². The number of ketones is 1. The molecule has 40 heavy (non-hydrogen) atoms. The number of allylic oxidation sites excluding steroid dienone is 3. The molecule has 2 aliphatic rings. The zero-order chi connectivity index (χ0) is 28.6. The number of halogens is 2. The summed E-state index contributed by atoms with van der Waals surface area (Å²) in [4.78, 5) is 27.7. The monoisotopic (exact) mass is 594 g/mol. The first kappa shape index (κ1) is 27.8. The number of nitrogens with one attached hydrogen (secondary N) is 1. The second-order valence-corrected chi connectivity index (χ2v) is 12.8. The predicted octanol–water partition coefficient (Wildman–Crippen LogP) is 6.00. The van der Waals surface area contributed by atoms with Gasteiger partial charge in [0.15, 0.2) is 10.1 Å². The minimum Gasteiger partial charge on any atom is -0.384 e. The maximum absolute atomic E-state index is 15.0. The maximum atomic E-state index is 15.0. The summed E-state index contributed by atoms with van der Waals surface area (Å²) in [5, 5.41) is 22.2. The number of thioether (sulfide) groups is 1. The predicted molar refractivity (Wildman–Crippen MR) is 154 cm³/mol. The third kappa shape index (κ3) is 5.35. The van der Waals surface area contributed by atoms with Crippen LogP contribution in [-0.4, -0.2) is 27.6 Å². The SMILES string of the molecule is CC1(C)CC(=O)C2=C(C1)N(c1nnc(SCC(=O)Nc3ccccc3Cl)s1)C(N)=C(C#N)C2c1ccccc1F. The maximum Gasteiger partial charge on any atom is 0.234 e. The first-order valence-electron chi connectivity index (χ1n) is 12.3. The molecule has 1 atom stereocenters. The van der Waals surface area contributed by atoms with Gasteiger partial charge in [0, 0.05) is 23.3 Å². The highest BCUT2D eigenvalue weighted by atomic mass is 35.5. The largest absolute Gasteiger partial charge is 0.384 e. The Hall–Kier alpha value is -3.72. The number of nitrogens with zero attached hydrogens (tertiary/aromatic N) is 4. The van der Waals surface area contributed by atoms with Crippen molar-refractivity contribution < 1.29 is 14.0 Å². The molecule has 1 amide bonds. The van der Waals surface area contributed by atoms with Crippen LogP contribution in [0.2, 0.25) is 5.02 Å². The fraction of sp³-hybridized carbons (Fsp3) is 0.250. The van der Waals surface area contributed by atoms with Crippen LogP contribution in [0.4, 0.5) is 15.2 Å². The van der Waals surface area contributed by atoms with Crippen molar-refractivity contribution in [2.75, 3.05) is 16.0 Å². The van der Waals surface area contributed by atoms with Crippen LogP contribution >= 0.6 is 34.7 Å². The Labute approximate surface area is 243 Å². The Morgan fingerprint density at radius 3 is 2.70 bits per heavy atom. The Balaban J connectivity index is 1.48. The summed E-state index contributed by atoms with van der Waals surface area (Å²) in [6.45, 7) is 3.95. The molecule has 0 saturated heterocycles. The van der Waals surface area contributed by atoms with Crippen LogP contribution in [0, 0.1) is 22.6 Å². The van der Waals surface area contributed by atoms with E-state index in [1.165, 1.54) is 29.2 Å². The Kier molecular flexibility index (Phi) is 7.68. The third-order valence-electron chi connectivity index (χ3n) is 6.66. The lowest BCUT2D eigenvalue weighted by molar-refractivity contribution is -0.118. The first-order chi connectivity index (χ1) is 19.1. The van der Waals surface area contributed by atoms with Crippen LogP contribution in [0.25, 0.3) is 0 Å². The average molecular weight is 595 g/mol. The first-order valence-corrected chi connectivity index (χ1v) is 14.5. The van der Waals surface area contributed by atoms with Gasteiger partial charge in [-0.1, -0.05) is 78.9 Å². The average Bonchev–Trinajstić information content (AvgIpc) is 3.36. The van der Waals surface area contributed by atoms with Crippen molar-refractivity contribution in [3.05, 3.63) is 87.6 Å². The number of nitriles is 1. The number of nitrogens with two attached hydrogens (primary N) is 1. The zero-order valence-corrected chi connectivity index (χ0v) is 24.0. The topological polar surface area (TPSA) is 125 Å². The molecule has 2 heterocycles. The van der Waals surface area contributed by atoms with E-state index in [1.807, 2.05) is 13.8 Å². The van der Waals surface area contributed by atoms with E-state index < -0.39 is 17.2 Å². The number of Topliss-reactive ketones (excluding diaryl/α,β-unsaturated/α-hetero) is 1. The number of amides is 1. The molecule has 12 heteroatoms. The van der Waals surface area contributed by atoms with Gasteiger partial charge in [-0.3, -0.25) is 14.5 Å². The summed E-state index contributed by atoms with van der Waals surface area (Å²) in [6.07, 6.45) is 0.710. The van der Waals surface area contributed by atoms with E-state index in [1.54, 1.807) is 47.4 Å². The van der Waals surface area contributed by atoms with E-state index in [9.17, 15) is 19.2 Å². The molecule has 3 aromatic rings. The molecule has 1 unspecified atom stereocenters. The highest BCUT2D eigenvalue weighted by molar-refractivity contribution is 8.01. The Morgan fingerprint density at radius 2 is 1.98 bits per heavy atom. The molecule has 1 aromatic heterocycles. The molecule has 5 rings (SSSR count). The van der Waals surface area contributed by atoms with Crippen LogP contribution < -0.4 is 16.0 Å².